The lowest BCUT2D eigenvalue weighted by Gasteiger charge is -2.18. The fourth-order valence-electron chi connectivity index (χ4n) is 3.62. The molecule has 0 saturated heterocycles. The largest absolute Gasteiger partial charge is 0.480 e. The van der Waals surface area contributed by atoms with E-state index in [0.29, 0.717) is 0 Å². The van der Waals surface area contributed by atoms with Gasteiger partial charge in [0.2, 0.25) is 0 Å². The van der Waals surface area contributed by atoms with Crippen molar-refractivity contribution in [3.63, 3.8) is 0 Å². The molecule has 184 valence electrons. The number of aliphatic carboxylic acids is 1. The van der Waals surface area contributed by atoms with Gasteiger partial charge in [-0.15, -0.1) is 11.8 Å². The molecule has 0 spiro atoms. The second kappa shape index (κ2) is 22.1. The average molecular weight is 491 g/mol. The van der Waals surface area contributed by atoms with Crippen LogP contribution in [0.5, 0.6) is 0 Å². The second-order valence-electron chi connectivity index (χ2n) is 9.38. The third kappa shape index (κ3) is 21.8. The van der Waals surface area contributed by atoms with Gasteiger partial charge in [-0.2, -0.15) is 0 Å². The van der Waals surface area contributed by atoms with Gasteiger partial charge in [-0.05, 0) is 26.0 Å². The molecule has 1 N–H and O–H groups in total. The quantitative estimate of drug-likeness (QED) is 0.121. The molecule has 0 heterocycles. The normalized spacial score (nSPS) is 11.7. The highest BCUT2D eigenvalue weighted by Gasteiger charge is 2.29. The van der Waals surface area contributed by atoms with Gasteiger partial charge in [-0.25, -0.2) is 0 Å². The van der Waals surface area contributed by atoms with Crippen LogP contribution in [-0.2, 0) is 4.79 Å². The Morgan fingerprint density at radius 1 is 0.677 bits per heavy atom. The lowest BCUT2D eigenvalue weighted by molar-refractivity contribution is -0.138. The average Bonchev–Trinajstić information content (AvgIpc) is 2.71. The van der Waals surface area contributed by atoms with Gasteiger partial charge in [-0.3, -0.25) is 4.79 Å². The molecule has 0 saturated carbocycles. The van der Waals surface area contributed by atoms with E-state index in [2.05, 4.69) is 6.92 Å². The molecular weight excluding hydrogens is 440 g/mol. The first-order valence-electron chi connectivity index (χ1n) is 13.0. The van der Waals surface area contributed by atoms with Crippen molar-refractivity contribution in [2.45, 2.75) is 148 Å². The van der Waals surface area contributed by atoms with Crippen LogP contribution in [0.4, 0.5) is 0 Å². The van der Waals surface area contributed by atoms with Gasteiger partial charge in [0.05, 0.1) is 0 Å². The molecular formula is C26H50O2S3. The highest BCUT2D eigenvalue weighted by Crippen LogP contribution is 2.31. The molecule has 2 nitrogen and oxygen atoms in total. The van der Waals surface area contributed by atoms with Crippen molar-refractivity contribution in [2.24, 2.45) is 0 Å². The van der Waals surface area contributed by atoms with Gasteiger partial charge in [0.1, 0.15) is 8.28 Å². The first-order chi connectivity index (χ1) is 14.9. The van der Waals surface area contributed by atoms with E-state index in [0.717, 1.165) is 9.28 Å². The Bertz CT molecular complexity index is 438. The standard InChI is InChI=1S/C26H50O2S3/c1-4-5-6-7-8-9-10-11-12-13-14-15-16-17-18-19-20-21-22-23-30-25(29)31-26(2,3)24(27)28/h4-23H2,1-3H3,(H,27,28). The van der Waals surface area contributed by atoms with Gasteiger partial charge in [0.15, 0.2) is 0 Å². The fourth-order valence-corrected chi connectivity index (χ4v) is 6.62. The summed E-state index contributed by atoms with van der Waals surface area (Å²) in [4.78, 5) is 11.1. The molecule has 0 aromatic rings. The zero-order chi connectivity index (χ0) is 23.2. The van der Waals surface area contributed by atoms with Crippen molar-refractivity contribution >= 4 is 45.2 Å². The minimum absolute atomic E-state index is 0.759. The van der Waals surface area contributed by atoms with Crippen LogP contribution in [0.2, 0.25) is 0 Å². The molecule has 0 atom stereocenters. The number of rotatable bonds is 22. The van der Waals surface area contributed by atoms with Crippen LogP contribution in [-0.4, -0.2) is 25.1 Å². The third-order valence-electron chi connectivity index (χ3n) is 5.82. The highest BCUT2D eigenvalue weighted by atomic mass is 32.2. The Morgan fingerprint density at radius 2 is 1.00 bits per heavy atom. The minimum Gasteiger partial charge on any atom is -0.480 e. The van der Waals surface area contributed by atoms with Crippen LogP contribution in [0.1, 0.15) is 143 Å². The Balaban J connectivity index is 3.22. The van der Waals surface area contributed by atoms with Crippen molar-refractivity contribution in [1.82, 2.24) is 0 Å². The van der Waals surface area contributed by atoms with Crippen molar-refractivity contribution in [3.8, 4) is 0 Å². The van der Waals surface area contributed by atoms with Gasteiger partial charge >= 0.3 is 5.97 Å². The first kappa shape index (κ1) is 31.3. The van der Waals surface area contributed by atoms with Crippen molar-refractivity contribution < 1.29 is 9.90 Å². The second-order valence-corrected chi connectivity index (χ2v) is 13.3. The number of carboxylic acid groups (broad SMARTS) is 1. The van der Waals surface area contributed by atoms with Gasteiger partial charge in [0.25, 0.3) is 0 Å². The molecule has 0 fully saturated rings. The molecule has 0 amide bonds. The van der Waals surface area contributed by atoms with Crippen molar-refractivity contribution in [1.29, 1.82) is 0 Å². The molecule has 0 unspecified atom stereocenters. The first-order valence-corrected chi connectivity index (χ1v) is 15.2. The molecule has 0 aromatic carbocycles. The summed E-state index contributed by atoms with van der Waals surface area (Å²) in [6, 6.07) is 0. The molecule has 0 bridgehead atoms. The summed E-state index contributed by atoms with van der Waals surface area (Å²) in [7, 11) is 0. The topological polar surface area (TPSA) is 37.3 Å². The van der Waals surface area contributed by atoms with Crippen molar-refractivity contribution in [3.05, 3.63) is 0 Å². The smallest absolute Gasteiger partial charge is 0.319 e. The van der Waals surface area contributed by atoms with Gasteiger partial charge in [-0.1, -0.05) is 146 Å². The predicted octanol–water partition coefficient (Wildman–Crippen LogP) is 10.0. The molecule has 0 aliphatic carbocycles. The Morgan fingerprint density at radius 3 is 1.32 bits per heavy atom. The lowest BCUT2D eigenvalue weighted by Crippen LogP contribution is -2.28. The van der Waals surface area contributed by atoms with E-state index in [-0.39, 0.29) is 0 Å². The van der Waals surface area contributed by atoms with E-state index in [1.807, 2.05) is 0 Å². The summed E-state index contributed by atoms with van der Waals surface area (Å²) in [5.74, 6) is 0.212. The minimum atomic E-state index is -0.822. The number of unbranched alkanes of at least 4 members (excludes halogenated alkanes) is 18. The van der Waals surface area contributed by atoms with Crippen LogP contribution in [0, 0.1) is 0 Å². The van der Waals surface area contributed by atoms with Gasteiger partial charge in [0, 0.05) is 0 Å². The predicted molar refractivity (Wildman–Crippen MR) is 148 cm³/mol. The van der Waals surface area contributed by atoms with Crippen molar-refractivity contribution in [2.75, 3.05) is 5.75 Å². The number of hydrogen-bond donors (Lipinski definition) is 1. The highest BCUT2D eigenvalue weighted by molar-refractivity contribution is 8.47. The fraction of sp³-hybridized carbons (Fsp3) is 0.923. The number of carbonyl (C=O) groups is 1. The number of thiocarbonyl (C=S) groups is 1. The number of thioether (sulfide) groups is 2. The van der Waals surface area contributed by atoms with E-state index in [4.69, 9.17) is 17.3 Å². The Hall–Kier alpha value is 0.260. The summed E-state index contributed by atoms with van der Waals surface area (Å²) < 4.78 is -0.0627. The van der Waals surface area contributed by atoms with Gasteiger partial charge < -0.3 is 5.11 Å². The van der Waals surface area contributed by atoms with Crippen LogP contribution in [0.3, 0.4) is 0 Å². The SMILES string of the molecule is CCCCCCCCCCCCCCCCCCCCCSC(=S)SC(C)(C)C(=O)O. The maximum atomic E-state index is 11.1. The van der Waals surface area contributed by atoms with Crippen LogP contribution in [0.25, 0.3) is 0 Å². The van der Waals surface area contributed by atoms with Crippen LogP contribution in [0.15, 0.2) is 0 Å². The maximum absolute atomic E-state index is 11.1. The molecule has 31 heavy (non-hydrogen) atoms. The lowest BCUT2D eigenvalue weighted by atomic mass is 10.0. The Labute approximate surface area is 207 Å². The van der Waals surface area contributed by atoms with E-state index in [1.54, 1.807) is 25.6 Å². The summed E-state index contributed by atoms with van der Waals surface area (Å²) in [6.07, 6.45) is 26.5. The molecule has 0 aliphatic heterocycles. The summed E-state index contributed by atoms with van der Waals surface area (Å²) in [5, 5.41) is 9.14. The number of carboxylic acids is 1. The molecule has 0 rings (SSSR count). The van der Waals surface area contributed by atoms with E-state index in [9.17, 15) is 4.79 Å². The third-order valence-corrected chi connectivity index (χ3v) is 8.61. The maximum Gasteiger partial charge on any atom is 0.319 e. The molecule has 0 radical (unpaired) electrons. The van der Waals surface area contributed by atoms with E-state index in [1.165, 1.54) is 134 Å². The van der Waals surface area contributed by atoms with E-state index >= 15 is 0 Å². The number of hydrogen-bond acceptors (Lipinski definition) is 4. The summed E-state index contributed by atoms with van der Waals surface area (Å²) in [6.45, 7) is 5.71. The zero-order valence-electron chi connectivity index (χ0n) is 20.7. The summed E-state index contributed by atoms with van der Waals surface area (Å²) in [5.41, 5.74) is 0. The molecule has 0 aromatic heterocycles. The molecule has 5 heteroatoms. The summed E-state index contributed by atoms with van der Waals surface area (Å²) >= 11 is 8.24. The van der Waals surface area contributed by atoms with E-state index < -0.39 is 10.7 Å². The van der Waals surface area contributed by atoms with Crippen LogP contribution >= 0.6 is 35.7 Å². The van der Waals surface area contributed by atoms with Crippen LogP contribution < -0.4 is 0 Å². The Kier molecular flexibility index (Phi) is 22.3. The molecule has 0 aliphatic rings. The zero-order valence-corrected chi connectivity index (χ0v) is 23.2. The monoisotopic (exact) mass is 490 g/mol.